The second-order valence-electron chi connectivity index (χ2n) is 5.60. The number of aliphatic hydroxyl groups is 1. The van der Waals surface area contributed by atoms with Crippen LogP contribution in [-0.4, -0.2) is 35.4 Å². The molecule has 1 saturated heterocycles. The number of nitrogens with zero attached hydrogens (tertiary/aromatic N) is 1. The fourth-order valence-electron chi connectivity index (χ4n) is 2.58. The lowest BCUT2D eigenvalue weighted by molar-refractivity contribution is -0.384. The van der Waals surface area contributed by atoms with Gasteiger partial charge >= 0.3 is 0 Å². The highest BCUT2D eigenvalue weighted by atomic mass is 16.6. The van der Waals surface area contributed by atoms with E-state index in [1.54, 1.807) is 12.1 Å². The van der Waals surface area contributed by atoms with Crippen molar-refractivity contribution >= 4 is 5.69 Å². The molecule has 1 aliphatic rings. The first kappa shape index (κ1) is 15.9. The minimum absolute atomic E-state index is 0.000440. The van der Waals surface area contributed by atoms with Gasteiger partial charge < -0.3 is 15.2 Å². The molecule has 0 aliphatic carbocycles. The molecule has 1 aromatic carbocycles. The molecule has 6 heteroatoms. The summed E-state index contributed by atoms with van der Waals surface area (Å²) < 4.78 is 5.23. The molecule has 1 fully saturated rings. The van der Waals surface area contributed by atoms with Gasteiger partial charge in [-0.25, -0.2) is 0 Å². The molecule has 2 rings (SSSR count). The Morgan fingerprint density at radius 1 is 1.57 bits per heavy atom. The van der Waals surface area contributed by atoms with Crippen LogP contribution in [0.1, 0.15) is 37.8 Å². The van der Waals surface area contributed by atoms with E-state index in [-0.39, 0.29) is 16.7 Å². The normalized spacial score (nSPS) is 23.1. The third-order valence-electron chi connectivity index (χ3n) is 3.82. The summed E-state index contributed by atoms with van der Waals surface area (Å²) in [6.07, 6.45) is 2.43. The van der Waals surface area contributed by atoms with Crippen molar-refractivity contribution < 1.29 is 14.8 Å². The van der Waals surface area contributed by atoms with E-state index in [2.05, 4.69) is 12.2 Å². The SMILES string of the molecule is CCCC(NCC1(O)CCOC1)c1cccc([N+](=O)[O-])c1. The maximum atomic E-state index is 10.9. The van der Waals surface area contributed by atoms with Crippen molar-refractivity contribution in [3.05, 3.63) is 39.9 Å². The smallest absolute Gasteiger partial charge is 0.269 e. The third-order valence-corrected chi connectivity index (χ3v) is 3.82. The molecule has 2 N–H and O–H groups in total. The summed E-state index contributed by atoms with van der Waals surface area (Å²) in [5.74, 6) is 0. The molecular weight excluding hydrogens is 272 g/mol. The molecule has 0 bridgehead atoms. The predicted octanol–water partition coefficient (Wildman–Crippen LogP) is 2.18. The zero-order valence-electron chi connectivity index (χ0n) is 12.2. The quantitative estimate of drug-likeness (QED) is 0.594. The van der Waals surface area contributed by atoms with Gasteiger partial charge in [0.15, 0.2) is 0 Å². The van der Waals surface area contributed by atoms with Crippen LogP contribution in [-0.2, 0) is 4.74 Å². The minimum atomic E-state index is -0.827. The molecule has 2 unspecified atom stereocenters. The molecule has 0 radical (unpaired) electrons. The number of non-ortho nitro benzene ring substituents is 1. The lowest BCUT2D eigenvalue weighted by atomic mass is 9.98. The Bertz CT molecular complexity index is 486. The van der Waals surface area contributed by atoms with E-state index in [9.17, 15) is 15.2 Å². The van der Waals surface area contributed by atoms with Crippen LogP contribution in [0.2, 0.25) is 0 Å². The van der Waals surface area contributed by atoms with Crippen molar-refractivity contribution in [3.8, 4) is 0 Å². The van der Waals surface area contributed by atoms with Crippen LogP contribution in [0.5, 0.6) is 0 Å². The van der Waals surface area contributed by atoms with Gasteiger partial charge in [0.1, 0.15) is 5.60 Å². The highest BCUT2D eigenvalue weighted by molar-refractivity contribution is 5.35. The van der Waals surface area contributed by atoms with E-state index < -0.39 is 5.60 Å². The standard InChI is InChI=1S/C15H22N2O4/c1-2-4-14(16-10-15(18)7-8-21-11-15)12-5-3-6-13(9-12)17(19)20/h3,5-6,9,14,16,18H,2,4,7-8,10-11H2,1H3. The van der Waals surface area contributed by atoms with Crippen molar-refractivity contribution in [3.63, 3.8) is 0 Å². The van der Waals surface area contributed by atoms with Crippen LogP contribution in [0.3, 0.4) is 0 Å². The highest BCUT2D eigenvalue weighted by Gasteiger charge is 2.32. The van der Waals surface area contributed by atoms with Crippen LogP contribution < -0.4 is 5.32 Å². The van der Waals surface area contributed by atoms with Crippen LogP contribution in [0.25, 0.3) is 0 Å². The van der Waals surface area contributed by atoms with Crippen LogP contribution >= 0.6 is 0 Å². The summed E-state index contributed by atoms with van der Waals surface area (Å²) in [5.41, 5.74) is 0.152. The maximum absolute atomic E-state index is 10.9. The van der Waals surface area contributed by atoms with E-state index in [1.807, 2.05) is 6.07 Å². The Morgan fingerprint density at radius 2 is 2.38 bits per heavy atom. The van der Waals surface area contributed by atoms with E-state index in [0.717, 1.165) is 18.4 Å². The minimum Gasteiger partial charge on any atom is -0.386 e. The van der Waals surface area contributed by atoms with Gasteiger partial charge in [-0.3, -0.25) is 10.1 Å². The second kappa shape index (κ2) is 6.98. The number of nitro benzene ring substituents is 1. The van der Waals surface area contributed by atoms with Gasteiger partial charge in [0.2, 0.25) is 0 Å². The Balaban J connectivity index is 2.07. The lowest BCUT2D eigenvalue weighted by Gasteiger charge is -2.25. The van der Waals surface area contributed by atoms with Gasteiger partial charge in [-0.15, -0.1) is 0 Å². The summed E-state index contributed by atoms with van der Waals surface area (Å²) in [4.78, 5) is 10.5. The molecule has 1 heterocycles. The fourth-order valence-corrected chi connectivity index (χ4v) is 2.58. The van der Waals surface area contributed by atoms with E-state index in [0.29, 0.717) is 26.2 Å². The molecule has 0 saturated carbocycles. The summed E-state index contributed by atoms with van der Waals surface area (Å²) in [6.45, 7) is 3.42. The summed E-state index contributed by atoms with van der Waals surface area (Å²) in [5, 5.41) is 24.5. The predicted molar refractivity (Wildman–Crippen MR) is 79.1 cm³/mol. The zero-order chi connectivity index (χ0) is 15.3. The summed E-state index contributed by atoms with van der Waals surface area (Å²) in [7, 11) is 0. The molecule has 0 amide bonds. The number of nitrogens with one attached hydrogen (secondary N) is 1. The van der Waals surface area contributed by atoms with Gasteiger partial charge in [0, 0.05) is 37.7 Å². The van der Waals surface area contributed by atoms with Crippen LogP contribution in [0.15, 0.2) is 24.3 Å². The van der Waals surface area contributed by atoms with Gasteiger partial charge in [-0.2, -0.15) is 0 Å². The van der Waals surface area contributed by atoms with Gasteiger partial charge in [-0.1, -0.05) is 25.5 Å². The molecule has 2 atom stereocenters. The van der Waals surface area contributed by atoms with Crippen molar-refractivity contribution in [1.29, 1.82) is 0 Å². The Kier molecular flexibility index (Phi) is 5.27. The molecule has 21 heavy (non-hydrogen) atoms. The molecule has 1 aliphatic heterocycles. The number of benzene rings is 1. The second-order valence-corrected chi connectivity index (χ2v) is 5.60. The first-order valence-electron chi connectivity index (χ1n) is 7.32. The fraction of sp³-hybridized carbons (Fsp3) is 0.600. The van der Waals surface area contributed by atoms with Crippen molar-refractivity contribution in [2.45, 2.75) is 37.8 Å². The van der Waals surface area contributed by atoms with E-state index >= 15 is 0 Å². The first-order chi connectivity index (χ1) is 10.0. The zero-order valence-corrected chi connectivity index (χ0v) is 12.2. The summed E-state index contributed by atoms with van der Waals surface area (Å²) in [6, 6.07) is 6.67. The molecular formula is C15H22N2O4. The Morgan fingerprint density at radius 3 is 3.00 bits per heavy atom. The monoisotopic (exact) mass is 294 g/mol. The van der Waals surface area contributed by atoms with Crippen molar-refractivity contribution in [1.82, 2.24) is 5.32 Å². The van der Waals surface area contributed by atoms with Crippen molar-refractivity contribution in [2.24, 2.45) is 0 Å². The average molecular weight is 294 g/mol. The number of hydrogen-bond donors (Lipinski definition) is 2. The van der Waals surface area contributed by atoms with Gasteiger partial charge in [0.25, 0.3) is 5.69 Å². The summed E-state index contributed by atoms with van der Waals surface area (Å²) >= 11 is 0. The van der Waals surface area contributed by atoms with Crippen molar-refractivity contribution in [2.75, 3.05) is 19.8 Å². The number of nitro groups is 1. The third kappa shape index (κ3) is 4.23. The van der Waals surface area contributed by atoms with Gasteiger partial charge in [0.05, 0.1) is 11.5 Å². The Hall–Kier alpha value is -1.50. The lowest BCUT2D eigenvalue weighted by Crippen LogP contribution is -2.42. The average Bonchev–Trinajstić information content (AvgIpc) is 2.91. The first-order valence-corrected chi connectivity index (χ1v) is 7.32. The number of rotatable bonds is 7. The molecule has 0 aromatic heterocycles. The van der Waals surface area contributed by atoms with Crippen LogP contribution in [0, 0.1) is 10.1 Å². The van der Waals surface area contributed by atoms with E-state index in [1.165, 1.54) is 6.07 Å². The van der Waals surface area contributed by atoms with E-state index in [4.69, 9.17) is 4.74 Å². The molecule has 6 nitrogen and oxygen atoms in total. The number of ether oxygens (including phenoxy) is 1. The van der Waals surface area contributed by atoms with Crippen LogP contribution in [0.4, 0.5) is 5.69 Å². The topological polar surface area (TPSA) is 84.6 Å². The largest absolute Gasteiger partial charge is 0.386 e. The maximum Gasteiger partial charge on any atom is 0.269 e. The Labute approximate surface area is 124 Å². The van der Waals surface area contributed by atoms with Gasteiger partial charge in [-0.05, 0) is 12.0 Å². The molecule has 116 valence electrons. The highest BCUT2D eigenvalue weighted by Crippen LogP contribution is 2.24. The molecule has 0 spiro atoms. The molecule has 1 aromatic rings. The number of hydrogen-bond acceptors (Lipinski definition) is 5.